The van der Waals surface area contributed by atoms with Gasteiger partial charge in [-0.1, -0.05) is 31.5 Å². The van der Waals surface area contributed by atoms with E-state index < -0.39 is 5.97 Å². The van der Waals surface area contributed by atoms with Gasteiger partial charge in [0.1, 0.15) is 0 Å². The standard InChI is InChI=1S/C15H20ClNO2/c1-3-9-17(10-4-2)14-11-13(16)7-5-12(14)6-8-15(18)19/h5-8,11H,3-4,9-10H2,1-2H3,(H,18,19)/b8-6+. The maximum absolute atomic E-state index is 10.6. The molecule has 0 spiro atoms. The van der Waals surface area contributed by atoms with Crippen LogP contribution in [0.5, 0.6) is 0 Å². The summed E-state index contributed by atoms with van der Waals surface area (Å²) < 4.78 is 0. The van der Waals surface area contributed by atoms with Gasteiger partial charge in [-0.2, -0.15) is 0 Å². The summed E-state index contributed by atoms with van der Waals surface area (Å²) in [7, 11) is 0. The molecule has 0 aromatic heterocycles. The Bertz CT molecular complexity index is 451. The number of rotatable bonds is 7. The molecule has 0 atom stereocenters. The molecule has 0 saturated heterocycles. The molecule has 0 aliphatic carbocycles. The molecule has 19 heavy (non-hydrogen) atoms. The number of benzene rings is 1. The van der Waals surface area contributed by atoms with Gasteiger partial charge in [0.15, 0.2) is 0 Å². The van der Waals surface area contributed by atoms with Crippen molar-refractivity contribution in [2.24, 2.45) is 0 Å². The first-order chi connectivity index (χ1) is 9.08. The third-order valence-electron chi connectivity index (χ3n) is 2.73. The molecular formula is C15H20ClNO2. The van der Waals surface area contributed by atoms with E-state index >= 15 is 0 Å². The molecule has 4 heteroatoms. The third kappa shape index (κ3) is 4.95. The van der Waals surface area contributed by atoms with Crippen LogP contribution in [0, 0.1) is 0 Å². The highest BCUT2D eigenvalue weighted by molar-refractivity contribution is 6.31. The van der Waals surface area contributed by atoms with Crippen molar-refractivity contribution in [1.82, 2.24) is 0 Å². The SMILES string of the molecule is CCCN(CCC)c1cc(Cl)ccc1/C=C/C(=O)O. The molecule has 0 radical (unpaired) electrons. The van der Waals surface area contributed by atoms with Gasteiger partial charge in [0.25, 0.3) is 0 Å². The lowest BCUT2D eigenvalue weighted by molar-refractivity contribution is -0.131. The Morgan fingerprint density at radius 2 is 1.95 bits per heavy atom. The Hall–Kier alpha value is -1.48. The van der Waals surface area contributed by atoms with Gasteiger partial charge in [-0.25, -0.2) is 4.79 Å². The first kappa shape index (κ1) is 15.6. The second kappa shape index (κ2) is 7.85. The topological polar surface area (TPSA) is 40.5 Å². The van der Waals surface area contributed by atoms with Gasteiger partial charge in [0, 0.05) is 29.9 Å². The lowest BCUT2D eigenvalue weighted by Gasteiger charge is -2.25. The lowest BCUT2D eigenvalue weighted by atomic mass is 10.1. The minimum atomic E-state index is -0.946. The first-order valence-corrected chi connectivity index (χ1v) is 6.91. The fraction of sp³-hybridized carbons (Fsp3) is 0.400. The predicted molar refractivity (Wildman–Crippen MR) is 80.9 cm³/mol. The molecule has 1 N–H and O–H groups in total. The molecule has 0 amide bonds. The Balaban J connectivity index is 3.13. The number of aliphatic carboxylic acids is 1. The quantitative estimate of drug-likeness (QED) is 0.766. The summed E-state index contributed by atoms with van der Waals surface area (Å²) in [6.45, 7) is 6.12. The predicted octanol–water partition coefficient (Wildman–Crippen LogP) is 4.06. The minimum absolute atomic E-state index is 0.666. The van der Waals surface area contributed by atoms with E-state index in [2.05, 4.69) is 18.7 Å². The molecule has 0 heterocycles. The van der Waals surface area contributed by atoms with Crippen LogP contribution in [0.4, 0.5) is 5.69 Å². The minimum Gasteiger partial charge on any atom is -0.478 e. The summed E-state index contributed by atoms with van der Waals surface area (Å²) >= 11 is 6.06. The van der Waals surface area contributed by atoms with Gasteiger partial charge >= 0.3 is 5.97 Å². The van der Waals surface area contributed by atoms with Crippen LogP contribution >= 0.6 is 11.6 Å². The Morgan fingerprint density at radius 1 is 1.32 bits per heavy atom. The monoisotopic (exact) mass is 281 g/mol. The van der Waals surface area contributed by atoms with Crippen LogP contribution in [-0.4, -0.2) is 24.2 Å². The van der Waals surface area contributed by atoms with Crippen LogP contribution in [0.25, 0.3) is 6.08 Å². The summed E-state index contributed by atoms with van der Waals surface area (Å²) in [6, 6.07) is 5.53. The number of nitrogens with zero attached hydrogens (tertiary/aromatic N) is 1. The second-order valence-corrected chi connectivity index (χ2v) is 4.80. The zero-order valence-corrected chi connectivity index (χ0v) is 12.2. The highest BCUT2D eigenvalue weighted by Crippen LogP contribution is 2.26. The van der Waals surface area contributed by atoms with E-state index in [1.807, 2.05) is 12.1 Å². The number of halogens is 1. The van der Waals surface area contributed by atoms with E-state index in [1.54, 1.807) is 12.1 Å². The van der Waals surface area contributed by atoms with Gasteiger partial charge < -0.3 is 10.0 Å². The largest absolute Gasteiger partial charge is 0.478 e. The average molecular weight is 282 g/mol. The fourth-order valence-electron chi connectivity index (χ4n) is 1.99. The number of hydrogen-bond acceptors (Lipinski definition) is 2. The maximum atomic E-state index is 10.6. The number of hydrogen-bond donors (Lipinski definition) is 1. The van der Waals surface area contributed by atoms with Gasteiger partial charge in [0.05, 0.1) is 0 Å². The summed E-state index contributed by atoms with van der Waals surface area (Å²) in [5.41, 5.74) is 1.88. The molecule has 0 aliphatic rings. The molecule has 104 valence electrons. The molecule has 3 nitrogen and oxygen atoms in total. The van der Waals surface area contributed by atoms with E-state index in [4.69, 9.17) is 16.7 Å². The zero-order valence-electron chi connectivity index (χ0n) is 11.4. The summed E-state index contributed by atoms with van der Waals surface area (Å²) in [4.78, 5) is 12.9. The molecule has 0 aliphatic heterocycles. The molecule has 1 rings (SSSR count). The zero-order chi connectivity index (χ0) is 14.3. The number of anilines is 1. The number of carboxylic acid groups (broad SMARTS) is 1. The van der Waals surface area contributed by atoms with Crippen LogP contribution in [0.15, 0.2) is 24.3 Å². The highest BCUT2D eigenvalue weighted by Gasteiger charge is 2.09. The van der Waals surface area contributed by atoms with Crippen LogP contribution < -0.4 is 4.90 Å². The molecule has 0 unspecified atom stereocenters. The lowest BCUT2D eigenvalue weighted by Crippen LogP contribution is -2.25. The molecule has 0 bridgehead atoms. The highest BCUT2D eigenvalue weighted by atomic mass is 35.5. The van der Waals surface area contributed by atoms with Crippen LogP contribution in [0.1, 0.15) is 32.3 Å². The van der Waals surface area contributed by atoms with E-state index in [-0.39, 0.29) is 0 Å². The van der Waals surface area contributed by atoms with Gasteiger partial charge in [0.2, 0.25) is 0 Å². The third-order valence-corrected chi connectivity index (χ3v) is 2.96. The van der Waals surface area contributed by atoms with Gasteiger partial charge in [-0.05, 0) is 36.6 Å². The van der Waals surface area contributed by atoms with Crippen molar-refractivity contribution in [2.75, 3.05) is 18.0 Å². The summed E-state index contributed by atoms with van der Waals surface area (Å²) in [5.74, 6) is -0.946. The summed E-state index contributed by atoms with van der Waals surface area (Å²) in [6.07, 6.45) is 4.85. The van der Waals surface area contributed by atoms with Crippen LogP contribution in [0.3, 0.4) is 0 Å². The van der Waals surface area contributed by atoms with Crippen molar-refractivity contribution in [3.05, 3.63) is 34.9 Å². The molecule has 1 aromatic carbocycles. The Morgan fingerprint density at radius 3 is 2.47 bits per heavy atom. The summed E-state index contributed by atoms with van der Waals surface area (Å²) in [5, 5.41) is 9.41. The Labute approximate surface area is 119 Å². The van der Waals surface area contributed by atoms with Crippen molar-refractivity contribution < 1.29 is 9.90 Å². The van der Waals surface area contributed by atoms with Crippen LogP contribution in [-0.2, 0) is 4.79 Å². The average Bonchev–Trinajstić information content (AvgIpc) is 2.37. The van der Waals surface area contributed by atoms with E-state index in [0.29, 0.717) is 5.02 Å². The van der Waals surface area contributed by atoms with Gasteiger partial charge in [-0.15, -0.1) is 0 Å². The van der Waals surface area contributed by atoms with Crippen LogP contribution in [0.2, 0.25) is 5.02 Å². The Kier molecular flexibility index (Phi) is 6.43. The second-order valence-electron chi connectivity index (χ2n) is 4.36. The first-order valence-electron chi connectivity index (χ1n) is 6.54. The molecule has 0 saturated carbocycles. The molecule has 1 aromatic rings. The van der Waals surface area contributed by atoms with Crippen molar-refractivity contribution in [3.63, 3.8) is 0 Å². The van der Waals surface area contributed by atoms with Crippen molar-refractivity contribution in [3.8, 4) is 0 Å². The van der Waals surface area contributed by atoms with Crippen molar-refractivity contribution in [2.45, 2.75) is 26.7 Å². The van der Waals surface area contributed by atoms with E-state index in [0.717, 1.165) is 43.3 Å². The smallest absolute Gasteiger partial charge is 0.328 e. The van der Waals surface area contributed by atoms with Crippen molar-refractivity contribution in [1.29, 1.82) is 0 Å². The van der Waals surface area contributed by atoms with E-state index in [1.165, 1.54) is 0 Å². The van der Waals surface area contributed by atoms with Gasteiger partial charge in [-0.3, -0.25) is 0 Å². The fourth-order valence-corrected chi connectivity index (χ4v) is 2.15. The molecular weight excluding hydrogens is 262 g/mol. The van der Waals surface area contributed by atoms with Crippen molar-refractivity contribution >= 4 is 29.3 Å². The van der Waals surface area contributed by atoms with E-state index in [9.17, 15) is 4.79 Å². The maximum Gasteiger partial charge on any atom is 0.328 e. The normalized spacial score (nSPS) is 10.9. The number of carboxylic acids is 1. The molecule has 0 fully saturated rings. The number of carbonyl (C=O) groups is 1.